The third-order valence-corrected chi connectivity index (χ3v) is 4.61. The third kappa shape index (κ3) is 2.90. The Balaban J connectivity index is 1.65. The Morgan fingerprint density at radius 1 is 1.21 bits per heavy atom. The summed E-state index contributed by atoms with van der Waals surface area (Å²) in [6, 6.07) is 4.74. The van der Waals surface area contributed by atoms with Crippen molar-refractivity contribution in [2.24, 2.45) is 0 Å². The summed E-state index contributed by atoms with van der Waals surface area (Å²) in [6.45, 7) is 0. The van der Waals surface area contributed by atoms with Crippen LogP contribution in [0.4, 0.5) is 9.52 Å². The summed E-state index contributed by atoms with van der Waals surface area (Å²) >= 11 is 3.09. The van der Waals surface area contributed by atoms with Gasteiger partial charge in [0.1, 0.15) is 5.82 Å². The van der Waals surface area contributed by atoms with Gasteiger partial charge in [0.2, 0.25) is 0 Å². The van der Waals surface area contributed by atoms with Crippen LogP contribution >= 0.6 is 22.7 Å². The number of aryl methyl sites for hydroxylation is 2. The van der Waals surface area contributed by atoms with Gasteiger partial charge in [0, 0.05) is 11.4 Å². The van der Waals surface area contributed by atoms with Crippen molar-refractivity contribution in [1.29, 1.82) is 0 Å². The smallest absolute Gasteiger partial charge is 0.180 e. The van der Waals surface area contributed by atoms with Crippen LogP contribution in [-0.2, 0) is 12.8 Å². The highest BCUT2D eigenvalue weighted by atomic mass is 32.1. The average molecular weight is 293 g/mol. The number of nitrogens with zero attached hydrogens (tertiary/aromatic N) is 2. The maximum atomic E-state index is 13.1. The second kappa shape index (κ2) is 5.22. The van der Waals surface area contributed by atoms with E-state index in [1.54, 1.807) is 17.4 Å². The summed E-state index contributed by atoms with van der Waals surface area (Å²) < 4.78 is 14.1. The molecule has 0 amide bonds. The molecular formula is C13H12FN3S2. The van der Waals surface area contributed by atoms with Crippen molar-refractivity contribution >= 4 is 38.0 Å². The number of fused-ring (bicyclic) bond motifs is 1. The first-order chi connectivity index (χ1) is 9.20. The molecule has 3 aromatic rings. The van der Waals surface area contributed by atoms with E-state index in [0.717, 1.165) is 40.2 Å². The molecule has 2 aromatic heterocycles. The van der Waals surface area contributed by atoms with E-state index in [9.17, 15) is 4.39 Å². The molecule has 0 saturated heterocycles. The quantitative estimate of drug-likeness (QED) is 0.799. The molecule has 0 aliphatic heterocycles. The predicted octanol–water partition coefficient (Wildman–Crippen LogP) is 3.65. The number of thiazole rings is 2. The molecule has 0 saturated carbocycles. The van der Waals surface area contributed by atoms with E-state index < -0.39 is 0 Å². The topological polar surface area (TPSA) is 51.8 Å². The van der Waals surface area contributed by atoms with E-state index >= 15 is 0 Å². The number of nitrogens with two attached hydrogens (primary N) is 1. The van der Waals surface area contributed by atoms with E-state index in [1.165, 1.54) is 23.5 Å². The van der Waals surface area contributed by atoms with Crippen molar-refractivity contribution in [3.05, 3.63) is 40.1 Å². The molecule has 0 bridgehead atoms. The summed E-state index contributed by atoms with van der Waals surface area (Å²) in [6.07, 6.45) is 2.77. The molecule has 0 unspecified atom stereocenters. The number of nitrogen functional groups attached to an aromatic ring is 1. The number of halogens is 1. The Kier molecular flexibility index (Phi) is 3.44. The fourth-order valence-electron chi connectivity index (χ4n) is 1.91. The zero-order valence-electron chi connectivity index (χ0n) is 10.1. The van der Waals surface area contributed by atoms with Crippen molar-refractivity contribution in [2.45, 2.75) is 19.3 Å². The zero-order chi connectivity index (χ0) is 13.2. The molecular weight excluding hydrogens is 281 g/mol. The van der Waals surface area contributed by atoms with Crippen molar-refractivity contribution in [1.82, 2.24) is 9.97 Å². The molecule has 98 valence electrons. The van der Waals surface area contributed by atoms with Crippen LogP contribution in [0, 0.1) is 5.82 Å². The van der Waals surface area contributed by atoms with Crippen LogP contribution in [0.5, 0.6) is 0 Å². The maximum absolute atomic E-state index is 13.1. The van der Waals surface area contributed by atoms with Crippen LogP contribution in [0.1, 0.15) is 17.1 Å². The van der Waals surface area contributed by atoms with Crippen molar-refractivity contribution in [2.75, 3.05) is 5.73 Å². The minimum atomic E-state index is -0.234. The number of hydrogen-bond donors (Lipinski definition) is 1. The summed E-state index contributed by atoms with van der Waals surface area (Å²) in [5.74, 6) is -0.234. The second-order valence-electron chi connectivity index (χ2n) is 4.25. The number of hydrogen-bond acceptors (Lipinski definition) is 5. The van der Waals surface area contributed by atoms with Gasteiger partial charge in [-0.3, -0.25) is 0 Å². The predicted molar refractivity (Wildman–Crippen MR) is 78.1 cm³/mol. The van der Waals surface area contributed by atoms with Crippen LogP contribution in [0.3, 0.4) is 0 Å². The fraction of sp³-hybridized carbons (Fsp3) is 0.231. The maximum Gasteiger partial charge on any atom is 0.180 e. The third-order valence-electron chi connectivity index (χ3n) is 2.79. The van der Waals surface area contributed by atoms with Gasteiger partial charge in [-0.2, -0.15) is 0 Å². The van der Waals surface area contributed by atoms with Crippen LogP contribution in [0.2, 0.25) is 0 Å². The Bertz CT molecular complexity index is 705. The lowest BCUT2D eigenvalue weighted by atomic mass is 10.2. The molecule has 0 spiro atoms. The van der Waals surface area contributed by atoms with Gasteiger partial charge in [-0.25, -0.2) is 14.4 Å². The van der Waals surface area contributed by atoms with Gasteiger partial charge in [0.25, 0.3) is 0 Å². The van der Waals surface area contributed by atoms with Gasteiger partial charge >= 0.3 is 0 Å². The first-order valence-electron chi connectivity index (χ1n) is 5.95. The molecule has 0 atom stereocenters. The van der Waals surface area contributed by atoms with Gasteiger partial charge in [-0.15, -0.1) is 22.7 Å². The molecule has 1 aromatic carbocycles. The van der Waals surface area contributed by atoms with E-state index in [1.807, 2.05) is 5.38 Å². The van der Waals surface area contributed by atoms with Crippen LogP contribution < -0.4 is 5.73 Å². The summed E-state index contributed by atoms with van der Waals surface area (Å²) in [7, 11) is 0. The highest BCUT2D eigenvalue weighted by Crippen LogP contribution is 2.24. The molecule has 6 heteroatoms. The molecule has 2 heterocycles. The number of benzene rings is 1. The number of rotatable bonds is 4. The highest BCUT2D eigenvalue weighted by molar-refractivity contribution is 7.18. The SMILES string of the molecule is Nc1nc(CCCc2nc3cc(F)ccc3s2)cs1. The minimum Gasteiger partial charge on any atom is -0.375 e. The van der Waals surface area contributed by atoms with Crippen molar-refractivity contribution in [3.63, 3.8) is 0 Å². The zero-order valence-corrected chi connectivity index (χ0v) is 11.7. The summed E-state index contributed by atoms with van der Waals surface area (Å²) in [5.41, 5.74) is 7.37. The normalized spacial score (nSPS) is 11.2. The Morgan fingerprint density at radius 2 is 2.11 bits per heavy atom. The first kappa shape index (κ1) is 12.5. The number of aromatic nitrogens is 2. The first-order valence-corrected chi connectivity index (χ1v) is 7.65. The van der Waals surface area contributed by atoms with Gasteiger partial charge in [0.15, 0.2) is 5.13 Å². The molecule has 0 fully saturated rings. The molecule has 19 heavy (non-hydrogen) atoms. The van der Waals surface area contributed by atoms with Gasteiger partial charge in [-0.1, -0.05) is 0 Å². The number of anilines is 1. The highest BCUT2D eigenvalue weighted by Gasteiger charge is 2.05. The van der Waals surface area contributed by atoms with Gasteiger partial charge in [-0.05, 0) is 31.4 Å². The Labute approximate surface area is 117 Å². The minimum absolute atomic E-state index is 0.234. The molecule has 2 N–H and O–H groups in total. The largest absolute Gasteiger partial charge is 0.375 e. The van der Waals surface area contributed by atoms with E-state index in [0.29, 0.717) is 5.13 Å². The lowest BCUT2D eigenvalue weighted by Gasteiger charge is -1.94. The summed E-state index contributed by atoms with van der Waals surface area (Å²) in [4.78, 5) is 8.67. The summed E-state index contributed by atoms with van der Waals surface area (Å²) in [5, 5.41) is 3.65. The molecule has 3 rings (SSSR count). The van der Waals surface area contributed by atoms with E-state index in [-0.39, 0.29) is 5.82 Å². The van der Waals surface area contributed by atoms with Crippen molar-refractivity contribution in [3.8, 4) is 0 Å². The Morgan fingerprint density at radius 3 is 2.89 bits per heavy atom. The molecule has 3 nitrogen and oxygen atoms in total. The molecule has 0 aliphatic carbocycles. The van der Waals surface area contributed by atoms with Crippen molar-refractivity contribution < 1.29 is 4.39 Å². The van der Waals surface area contributed by atoms with Crippen LogP contribution in [0.15, 0.2) is 23.6 Å². The van der Waals surface area contributed by atoms with Gasteiger partial charge < -0.3 is 5.73 Å². The van der Waals surface area contributed by atoms with E-state index in [4.69, 9.17) is 5.73 Å². The second-order valence-corrected chi connectivity index (χ2v) is 6.26. The van der Waals surface area contributed by atoms with Crippen LogP contribution in [-0.4, -0.2) is 9.97 Å². The monoisotopic (exact) mass is 293 g/mol. The fourth-order valence-corrected chi connectivity index (χ4v) is 3.50. The average Bonchev–Trinajstić information content (AvgIpc) is 2.95. The lowest BCUT2D eigenvalue weighted by Crippen LogP contribution is -1.90. The van der Waals surface area contributed by atoms with Crippen LogP contribution in [0.25, 0.3) is 10.2 Å². The molecule has 0 aliphatic rings. The van der Waals surface area contributed by atoms with E-state index in [2.05, 4.69) is 9.97 Å². The Hall–Kier alpha value is -1.53. The molecule has 0 radical (unpaired) electrons. The lowest BCUT2D eigenvalue weighted by molar-refractivity contribution is 0.629. The van der Waals surface area contributed by atoms with Gasteiger partial charge in [0.05, 0.1) is 20.9 Å². The standard InChI is InChI=1S/C13H12FN3S2/c14-8-4-5-11-10(6-8)17-12(19-11)3-1-2-9-7-18-13(15)16-9/h4-7H,1-3H2,(H2,15,16).